The van der Waals surface area contributed by atoms with Gasteiger partial charge in [-0.05, 0) is 50.3 Å². The van der Waals surface area contributed by atoms with Crippen LogP contribution >= 0.6 is 0 Å². The van der Waals surface area contributed by atoms with Gasteiger partial charge in [0.2, 0.25) is 11.8 Å². The molecule has 1 saturated carbocycles. The molecule has 164 valence electrons. The first-order valence-electron chi connectivity index (χ1n) is 11.2. The van der Waals surface area contributed by atoms with Gasteiger partial charge in [-0.25, -0.2) is 0 Å². The van der Waals surface area contributed by atoms with E-state index in [2.05, 4.69) is 40.4 Å². The van der Waals surface area contributed by atoms with Crippen LogP contribution in [0.5, 0.6) is 0 Å². The Morgan fingerprint density at radius 2 is 2.06 bits per heavy atom. The molecule has 0 spiro atoms. The van der Waals surface area contributed by atoms with Gasteiger partial charge in [0, 0.05) is 50.2 Å². The smallest absolute Gasteiger partial charge is 0.228 e. The Labute approximate surface area is 181 Å². The van der Waals surface area contributed by atoms with E-state index in [0.29, 0.717) is 25.9 Å². The molecule has 31 heavy (non-hydrogen) atoms. The number of piperazine rings is 1. The van der Waals surface area contributed by atoms with E-state index in [4.69, 9.17) is 0 Å². The van der Waals surface area contributed by atoms with E-state index in [0.717, 1.165) is 36.0 Å². The molecule has 2 amide bonds. The molecule has 1 aliphatic carbocycles. The molecule has 2 aliphatic heterocycles. The largest absolute Gasteiger partial charge is 0.365 e. The summed E-state index contributed by atoms with van der Waals surface area (Å²) < 4.78 is 1.88. The average Bonchev–Trinajstić information content (AvgIpc) is 3.48. The molecule has 1 aromatic carbocycles. The molecular formula is C23H29N5O3. The fourth-order valence-electron chi connectivity index (χ4n) is 5.32. The van der Waals surface area contributed by atoms with E-state index >= 15 is 0 Å². The standard InChI is InChI=1S/C23H29N5O3/c1-15-14-27(9-10-28(15)18-6-3-16-13-24-26(2)19(16)11-18)22(31)7-8-23(17-4-5-17)20(29)12-21(30)25-23/h3,6,11,13,15,17H,4-5,7-10,12,14H2,1-2H3,(H,25,30)/t15-,23?/m0/s1. The molecule has 2 atom stereocenters. The Hall–Kier alpha value is -2.90. The van der Waals surface area contributed by atoms with Crippen LogP contribution in [-0.4, -0.2) is 63.5 Å². The van der Waals surface area contributed by atoms with E-state index in [1.165, 1.54) is 0 Å². The van der Waals surface area contributed by atoms with Crippen molar-refractivity contribution in [3.63, 3.8) is 0 Å². The van der Waals surface area contributed by atoms with E-state index in [9.17, 15) is 14.4 Å². The maximum absolute atomic E-state index is 13.0. The minimum atomic E-state index is -0.793. The Bertz CT molecular complexity index is 1060. The highest BCUT2D eigenvalue weighted by molar-refractivity contribution is 6.10. The van der Waals surface area contributed by atoms with Gasteiger partial charge in [0.1, 0.15) is 5.54 Å². The lowest BCUT2D eigenvalue weighted by molar-refractivity contribution is -0.133. The number of nitrogens with zero attached hydrogens (tertiary/aromatic N) is 4. The number of nitrogens with one attached hydrogen (secondary N) is 1. The monoisotopic (exact) mass is 423 g/mol. The number of rotatable bonds is 5. The van der Waals surface area contributed by atoms with Gasteiger partial charge in [0.05, 0.1) is 18.1 Å². The number of aryl methyl sites for hydroxylation is 1. The highest BCUT2D eigenvalue weighted by Crippen LogP contribution is 2.45. The second kappa shape index (κ2) is 7.35. The van der Waals surface area contributed by atoms with Gasteiger partial charge in [-0.15, -0.1) is 0 Å². The number of carbonyl (C=O) groups excluding carboxylic acids is 3. The van der Waals surface area contributed by atoms with Crippen LogP contribution in [0.3, 0.4) is 0 Å². The number of aromatic nitrogens is 2. The molecule has 3 fully saturated rings. The summed E-state index contributed by atoms with van der Waals surface area (Å²) in [5.41, 5.74) is 1.44. The summed E-state index contributed by atoms with van der Waals surface area (Å²) >= 11 is 0. The number of hydrogen-bond acceptors (Lipinski definition) is 5. The predicted molar refractivity (Wildman–Crippen MR) is 117 cm³/mol. The Balaban J connectivity index is 1.23. The molecule has 8 heteroatoms. The zero-order valence-corrected chi connectivity index (χ0v) is 18.1. The third-order valence-corrected chi connectivity index (χ3v) is 7.23. The van der Waals surface area contributed by atoms with Gasteiger partial charge in [0.25, 0.3) is 0 Å². The number of Topliss-reactive ketones (excluding diaryl/α,β-unsaturated/α-hetero) is 1. The van der Waals surface area contributed by atoms with Crippen molar-refractivity contribution in [2.75, 3.05) is 24.5 Å². The van der Waals surface area contributed by atoms with Crippen LogP contribution in [0.1, 0.15) is 39.0 Å². The third kappa shape index (κ3) is 3.47. The lowest BCUT2D eigenvalue weighted by Gasteiger charge is -2.41. The molecule has 1 aromatic heterocycles. The van der Waals surface area contributed by atoms with Crippen molar-refractivity contribution in [2.24, 2.45) is 13.0 Å². The molecule has 3 aliphatic rings. The Morgan fingerprint density at radius 3 is 2.74 bits per heavy atom. The highest BCUT2D eigenvalue weighted by atomic mass is 16.2. The number of amides is 2. The number of anilines is 1. The topological polar surface area (TPSA) is 87.5 Å². The van der Waals surface area contributed by atoms with Crippen LogP contribution in [0.2, 0.25) is 0 Å². The summed E-state index contributed by atoms with van der Waals surface area (Å²) in [6, 6.07) is 6.55. The SMILES string of the molecule is C[C@H]1CN(C(=O)CCC2(C3CC3)NC(=O)CC2=O)CCN1c1ccc2cnn(C)c2c1. The molecule has 2 saturated heterocycles. The maximum atomic E-state index is 13.0. The first-order valence-corrected chi connectivity index (χ1v) is 11.2. The number of hydrogen-bond donors (Lipinski definition) is 1. The van der Waals surface area contributed by atoms with Crippen molar-refractivity contribution in [1.82, 2.24) is 20.0 Å². The molecule has 0 radical (unpaired) electrons. The van der Waals surface area contributed by atoms with Crippen LogP contribution < -0.4 is 10.2 Å². The quantitative estimate of drug-likeness (QED) is 0.739. The predicted octanol–water partition coefficient (Wildman–Crippen LogP) is 1.63. The second-order valence-corrected chi connectivity index (χ2v) is 9.29. The lowest BCUT2D eigenvalue weighted by atomic mass is 9.85. The number of fused-ring (bicyclic) bond motifs is 1. The van der Waals surface area contributed by atoms with Crippen LogP contribution in [0.25, 0.3) is 10.9 Å². The van der Waals surface area contributed by atoms with Gasteiger partial charge in [0.15, 0.2) is 5.78 Å². The van der Waals surface area contributed by atoms with E-state index < -0.39 is 5.54 Å². The van der Waals surface area contributed by atoms with E-state index in [1.807, 2.05) is 22.8 Å². The van der Waals surface area contributed by atoms with Crippen molar-refractivity contribution in [1.29, 1.82) is 0 Å². The second-order valence-electron chi connectivity index (χ2n) is 9.29. The summed E-state index contributed by atoms with van der Waals surface area (Å²) in [6.45, 7) is 4.21. The summed E-state index contributed by atoms with van der Waals surface area (Å²) in [4.78, 5) is 41.5. The first-order chi connectivity index (χ1) is 14.9. The molecule has 1 N–H and O–H groups in total. The zero-order valence-electron chi connectivity index (χ0n) is 18.1. The van der Waals surface area contributed by atoms with Crippen molar-refractivity contribution in [2.45, 2.75) is 50.6 Å². The van der Waals surface area contributed by atoms with Crippen molar-refractivity contribution in [3.05, 3.63) is 24.4 Å². The lowest BCUT2D eigenvalue weighted by Crippen LogP contribution is -2.54. The molecule has 5 rings (SSSR count). The maximum Gasteiger partial charge on any atom is 0.228 e. The van der Waals surface area contributed by atoms with Crippen molar-refractivity contribution >= 4 is 34.2 Å². The number of carbonyl (C=O) groups is 3. The number of ketones is 1. The molecule has 0 bridgehead atoms. The van der Waals surface area contributed by atoms with Crippen LogP contribution in [-0.2, 0) is 21.4 Å². The van der Waals surface area contributed by atoms with E-state index in [-0.39, 0.29) is 36.0 Å². The van der Waals surface area contributed by atoms with Crippen molar-refractivity contribution < 1.29 is 14.4 Å². The third-order valence-electron chi connectivity index (χ3n) is 7.23. The number of benzene rings is 1. The molecule has 1 unspecified atom stereocenters. The summed E-state index contributed by atoms with van der Waals surface area (Å²) in [5.74, 6) is 0.0491. The van der Waals surface area contributed by atoms with Gasteiger partial charge in [-0.1, -0.05) is 0 Å². The van der Waals surface area contributed by atoms with Gasteiger partial charge >= 0.3 is 0 Å². The van der Waals surface area contributed by atoms with Crippen molar-refractivity contribution in [3.8, 4) is 0 Å². The minimum Gasteiger partial charge on any atom is -0.365 e. The van der Waals surface area contributed by atoms with Gasteiger partial charge in [-0.2, -0.15) is 5.10 Å². The van der Waals surface area contributed by atoms with E-state index in [1.54, 1.807) is 0 Å². The van der Waals surface area contributed by atoms with Gasteiger partial charge < -0.3 is 15.1 Å². The molecule has 8 nitrogen and oxygen atoms in total. The zero-order chi connectivity index (χ0) is 21.8. The highest BCUT2D eigenvalue weighted by Gasteiger charge is 2.55. The summed E-state index contributed by atoms with van der Waals surface area (Å²) in [7, 11) is 1.94. The summed E-state index contributed by atoms with van der Waals surface area (Å²) in [6.07, 6.45) is 4.46. The molecule has 2 aromatic rings. The van der Waals surface area contributed by atoms with Crippen LogP contribution in [0, 0.1) is 5.92 Å². The normalized spacial score (nSPS) is 26.6. The summed E-state index contributed by atoms with van der Waals surface area (Å²) in [5, 5.41) is 8.35. The fourth-order valence-corrected chi connectivity index (χ4v) is 5.32. The first kappa shape index (κ1) is 20.0. The molecular weight excluding hydrogens is 394 g/mol. The van der Waals surface area contributed by atoms with Crippen LogP contribution in [0.15, 0.2) is 24.4 Å². The van der Waals surface area contributed by atoms with Gasteiger partial charge in [-0.3, -0.25) is 19.1 Å². The molecule has 3 heterocycles. The van der Waals surface area contributed by atoms with Crippen LogP contribution in [0.4, 0.5) is 5.69 Å². The minimum absolute atomic E-state index is 0.0310. The average molecular weight is 424 g/mol. The Morgan fingerprint density at radius 1 is 1.26 bits per heavy atom. The fraction of sp³-hybridized carbons (Fsp3) is 0.565. The Kier molecular flexibility index (Phi) is 4.75.